The number of nitrogens with one attached hydrogen (secondary N) is 1. The fourth-order valence-electron chi connectivity index (χ4n) is 3.28. The normalized spacial score (nSPS) is 14.8. The molecule has 4 rings (SSSR count). The van der Waals surface area contributed by atoms with Gasteiger partial charge in [0.05, 0.1) is 13.2 Å². The van der Waals surface area contributed by atoms with Crippen LogP contribution in [0.15, 0.2) is 66.7 Å². The highest BCUT2D eigenvalue weighted by molar-refractivity contribution is 5.85. The van der Waals surface area contributed by atoms with Crippen LogP contribution in [0.1, 0.15) is 5.56 Å². The predicted octanol–water partition coefficient (Wildman–Crippen LogP) is 4.29. The molecular formula is C21H22N2O. The summed E-state index contributed by atoms with van der Waals surface area (Å²) in [5, 5.41) is 6.18. The summed E-state index contributed by atoms with van der Waals surface area (Å²) in [4.78, 5) is 2.38. The molecule has 0 bridgehead atoms. The third-order valence-electron chi connectivity index (χ3n) is 4.59. The van der Waals surface area contributed by atoms with Gasteiger partial charge in [-0.25, -0.2) is 0 Å². The molecule has 1 aliphatic rings. The fraction of sp³-hybridized carbons (Fsp3) is 0.238. The number of fused-ring (bicyclic) bond motifs is 1. The number of nitrogens with zero attached hydrogens (tertiary/aromatic N) is 1. The number of hydrogen-bond donors (Lipinski definition) is 1. The molecule has 3 aromatic carbocycles. The Hall–Kier alpha value is -2.52. The lowest BCUT2D eigenvalue weighted by Gasteiger charge is -2.29. The van der Waals surface area contributed by atoms with Crippen molar-refractivity contribution in [2.45, 2.75) is 6.54 Å². The summed E-state index contributed by atoms with van der Waals surface area (Å²) < 4.78 is 5.44. The van der Waals surface area contributed by atoms with Crippen LogP contribution in [0.5, 0.6) is 0 Å². The van der Waals surface area contributed by atoms with Crippen LogP contribution in [-0.4, -0.2) is 26.3 Å². The van der Waals surface area contributed by atoms with Crippen LogP contribution in [0, 0.1) is 0 Å². The second-order valence-corrected chi connectivity index (χ2v) is 6.14. The molecule has 0 atom stereocenters. The summed E-state index contributed by atoms with van der Waals surface area (Å²) in [6.45, 7) is 4.38. The van der Waals surface area contributed by atoms with Gasteiger partial charge >= 0.3 is 0 Å². The molecule has 1 fully saturated rings. The van der Waals surface area contributed by atoms with Crippen molar-refractivity contribution in [2.24, 2.45) is 0 Å². The van der Waals surface area contributed by atoms with E-state index in [4.69, 9.17) is 4.74 Å². The SMILES string of the molecule is c1cc(NCc2cccc3ccccc23)cc(N2CCOCC2)c1. The van der Waals surface area contributed by atoms with Crippen molar-refractivity contribution in [3.05, 3.63) is 72.3 Å². The zero-order valence-corrected chi connectivity index (χ0v) is 13.7. The zero-order chi connectivity index (χ0) is 16.2. The van der Waals surface area contributed by atoms with E-state index in [1.54, 1.807) is 0 Å². The molecule has 3 aromatic rings. The summed E-state index contributed by atoms with van der Waals surface area (Å²) in [7, 11) is 0. The Balaban J connectivity index is 1.51. The lowest BCUT2D eigenvalue weighted by atomic mass is 10.0. The van der Waals surface area contributed by atoms with Crippen molar-refractivity contribution in [3.8, 4) is 0 Å². The molecule has 3 heteroatoms. The molecule has 0 spiro atoms. The molecular weight excluding hydrogens is 296 g/mol. The first-order valence-electron chi connectivity index (χ1n) is 8.53. The zero-order valence-electron chi connectivity index (χ0n) is 13.7. The molecule has 1 N–H and O–H groups in total. The van der Waals surface area contributed by atoms with E-state index in [0.717, 1.165) is 38.5 Å². The van der Waals surface area contributed by atoms with Gasteiger partial charge in [0.25, 0.3) is 0 Å². The van der Waals surface area contributed by atoms with Gasteiger partial charge in [-0.2, -0.15) is 0 Å². The Morgan fingerprint density at radius 2 is 1.67 bits per heavy atom. The quantitative estimate of drug-likeness (QED) is 0.777. The maximum absolute atomic E-state index is 5.44. The first-order chi connectivity index (χ1) is 11.9. The van der Waals surface area contributed by atoms with E-state index in [0.29, 0.717) is 0 Å². The van der Waals surface area contributed by atoms with Gasteiger partial charge in [0.2, 0.25) is 0 Å². The van der Waals surface area contributed by atoms with Gasteiger partial charge < -0.3 is 15.0 Å². The minimum Gasteiger partial charge on any atom is -0.381 e. The molecule has 1 saturated heterocycles. The van der Waals surface area contributed by atoms with Crippen LogP contribution in [0.4, 0.5) is 11.4 Å². The van der Waals surface area contributed by atoms with E-state index in [1.165, 1.54) is 22.0 Å². The largest absolute Gasteiger partial charge is 0.381 e. The van der Waals surface area contributed by atoms with Crippen molar-refractivity contribution in [2.75, 3.05) is 36.5 Å². The van der Waals surface area contributed by atoms with Crippen molar-refractivity contribution in [3.63, 3.8) is 0 Å². The van der Waals surface area contributed by atoms with Gasteiger partial charge in [-0.15, -0.1) is 0 Å². The molecule has 24 heavy (non-hydrogen) atoms. The van der Waals surface area contributed by atoms with Crippen LogP contribution in [-0.2, 0) is 11.3 Å². The summed E-state index contributed by atoms with van der Waals surface area (Å²) in [6, 6.07) is 23.7. The Kier molecular flexibility index (Phi) is 4.34. The van der Waals surface area contributed by atoms with Gasteiger partial charge in [-0.05, 0) is 34.5 Å². The molecule has 1 heterocycles. The maximum atomic E-state index is 5.44. The predicted molar refractivity (Wildman–Crippen MR) is 101 cm³/mol. The number of hydrogen-bond acceptors (Lipinski definition) is 3. The molecule has 0 unspecified atom stereocenters. The Morgan fingerprint density at radius 3 is 2.58 bits per heavy atom. The van der Waals surface area contributed by atoms with E-state index in [-0.39, 0.29) is 0 Å². The molecule has 0 amide bonds. The summed E-state index contributed by atoms with van der Waals surface area (Å²) in [5.74, 6) is 0. The molecule has 3 nitrogen and oxygen atoms in total. The molecule has 1 aliphatic heterocycles. The van der Waals surface area contributed by atoms with Gasteiger partial charge in [-0.1, -0.05) is 48.5 Å². The number of benzene rings is 3. The van der Waals surface area contributed by atoms with E-state index >= 15 is 0 Å². The molecule has 122 valence electrons. The van der Waals surface area contributed by atoms with Crippen molar-refractivity contribution >= 4 is 22.1 Å². The van der Waals surface area contributed by atoms with Crippen molar-refractivity contribution in [1.29, 1.82) is 0 Å². The molecule has 0 radical (unpaired) electrons. The smallest absolute Gasteiger partial charge is 0.0642 e. The first kappa shape index (κ1) is 15.0. The summed E-state index contributed by atoms with van der Waals surface area (Å²) in [6.07, 6.45) is 0. The number of morpholine rings is 1. The third-order valence-corrected chi connectivity index (χ3v) is 4.59. The second-order valence-electron chi connectivity index (χ2n) is 6.14. The summed E-state index contributed by atoms with van der Waals surface area (Å²) >= 11 is 0. The molecule has 0 aliphatic carbocycles. The second kappa shape index (κ2) is 6.93. The topological polar surface area (TPSA) is 24.5 Å². The highest BCUT2D eigenvalue weighted by Crippen LogP contribution is 2.23. The highest BCUT2D eigenvalue weighted by Gasteiger charge is 2.11. The standard InChI is InChI=1S/C21H22N2O/c1-2-10-21-17(5-1)6-3-7-18(21)16-22-19-8-4-9-20(15-19)23-11-13-24-14-12-23/h1-10,15,22H,11-14,16H2. The number of anilines is 2. The van der Waals surface area contributed by atoms with Crippen molar-refractivity contribution in [1.82, 2.24) is 0 Å². The Bertz CT molecular complexity index is 819. The van der Waals surface area contributed by atoms with Gasteiger partial charge in [0, 0.05) is 31.0 Å². The van der Waals surface area contributed by atoms with Gasteiger partial charge in [-0.3, -0.25) is 0 Å². The average molecular weight is 318 g/mol. The Morgan fingerprint density at radius 1 is 0.875 bits per heavy atom. The summed E-state index contributed by atoms with van der Waals surface area (Å²) in [5.41, 5.74) is 3.75. The third kappa shape index (κ3) is 3.22. The monoisotopic (exact) mass is 318 g/mol. The molecule has 0 saturated carbocycles. The van der Waals surface area contributed by atoms with Crippen LogP contribution in [0.3, 0.4) is 0 Å². The van der Waals surface area contributed by atoms with Gasteiger partial charge in [0.15, 0.2) is 0 Å². The van der Waals surface area contributed by atoms with Crippen LogP contribution >= 0.6 is 0 Å². The van der Waals surface area contributed by atoms with Gasteiger partial charge in [0.1, 0.15) is 0 Å². The number of rotatable bonds is 4. The van der Waals surface area contributed by atoms with E-state index < -0.39 is 0 Å². The van der Waals surface area contributed by atoms with Crippen molar-refractivity contribution < 1.29 is 4.74 Å². The van der Waals surface area contributed by atoms with E-state index in [9.17, 15) is 0 Å². The maximum Gasteiger partial charge on any atom is 0.0642 e. The minimum atomic E-state index is 0.813. The number of ether oxygens (including phenoxy) is 1. The highest BCUT2D eigenvalue weighted by atomic mass is 16.5. The fourth-order valence-corrected chi connectivity index (χ4v) is 3.28. The molecule has 0 aromatic heterocycles. The van der Waals surface area contributed by atoms with Crippen LogP contribution in [0.25, 0.3) is 10.8 Å². The Labute approximate surface area is 142 Å². The lowest BCUT2D eigenvalue weighted by molar-refractivity contribution is 0.122. The van der Waals surface area contributed by atoms with E-state index in [1.807, 2.05) is 0 Å². The van der Waals surface area contributed by atoms with E-state index in [2.05, 4.69) is 76.9 Å². The lowest BCUT2D eigenvalue weighted by Crippen LogP contribution is -2.36. The van der Waals surface area contributed by atoms with Crippen LogP contribution < -0.4 is 10.2 Å². The van der Waals surface area contributed by atoms with Crippen LogP contribution in [0.2, 0.25) is 0 Å². The average Bonchev–Trinajstić information content (AvgIpc) is 2.67. The first-order valence-corrected chi connectivity index (χ1v) is 8.53. The minimum absolute atomic E-state index is 0.813.